The first-order chi connectivity index (χ1) is 10.2. The van der Waals surface area contributed by atoms with Crippen LogP contribution >= 0.6 is 0 Å². The third kappa shape index (κ3) is 4.71. The molecule has 1 fully saturated rings. The fourth-order valence-electron chi connectivity index (χ4n) is 2.88. The van der Waals surface area contributed by atoms with Crippen molar-refractivity contribution in [2.45, 2.75) is 44.8 Å². The van der Waals surface area contributed by atoms with Crippen molar-refractivity contribution in [1.29, 1.82) is 0 Å². The minimum atomic E-state index is -4.15. The molecule has 124 valence electrons. The fraction of sp³-hybridized carbons (Fsp3) is 0.647. The van der Waals surface area contributed by atoms with Crippen LogP contribution in [-0.2, 0) is 5.41 Å². The second-order valence-corrected chi connectivity index (χ2v) is 6.99. The summed E-state index contributed by atoms with van der Waals surface area (Å²) in [6.45, 7) is 9.11. The van der Waals surface area contributed by atoms with E-state index in [2.05, 4.69) is 26.1 Å². The number of benzene rings is 1. The second kappa shape index (κ2) is 6.59. The first kappa shape index (κ1) is 17.3. The molecule has 1 N–H and O–H groups in total. The van der Waals surface area contributed by atoms with E-state index in [-0.39, 0.29) is 5.41 Å². The van der Waals surface area contributed by atoms with E-state index >= 15 is 0 Å². The highest BCUT2D eigenvalue weighted by Crippen LogP contribution is 2.34. The highest BCUT2D eigenvalue weighted by atomic mass is 19.4. The van der Waals surface area contributed by atoms with Gasteiger partial charge >= 0.3 is 6.18 Å². The Hall–Kier alpha value is -1.07. The zero-order valence-electron chi connectivity index (χ0n) is 13.5. The lowest BCUT2D eigenvalue weighted by atomic mass is 9.86. The van der Waals surface area contributed by atoms with Crippen LogP contribution in [-0.4, -0.2) is 37.3 Å². The summed E-state index contributed by atoms with van der Waals surface area (Å²) in [5.74, 6) is 0. The smallest absolute Gasteiger partial charge is 0.314 e. The Bertz CT molecular complexity index is 468. The SMILES string of the molecule is CC(C)(C)c1ccc([C@H](CC(F)(F)F)N2CCNCC2)cc1. The van der Waals surface area contributed by atoms with Crippen molar-refractivity contribution in [3.63, 3.8) is 0 Å². The number of halogens is 3. The quantitative estimate of drug-likeness (QED) is 0.911. The maximum Gasteiger partial charge on any atom is 0.390 e. The van der Waals surface area contributed by atoms with Gasteiger partial charge in [0, 0.05) is 32.2 Å². The van der Waals surface area contributed by atoms with Gasteiger partial charge in [0.1, 0.15) is 0 Å². The molecule has 2 nitrogen and oxygen atoms in total. The largest absolute Gasteiger partial charge is 0.390 e. The lowest BCUT2D eigenvalue weighted by Crippen LogP contribution is -2.46. The third-order valence-corrected chi connectivity index (χ3v) is 4.18. The van der Waals surface area contributed by atoms with Gasteiger partial charge in [-0.05, 0) is 16.5 Å². The monoisotopic (exact) mass is 314 g/mol. The summed E-state index contributed by atoms with van der Waals surface area (Å²) in [7, 11) is 0. The van der Waals surface area contributed by atoms with Crippen LogP contribution in [0.15, 0.2) is 24.3 Å². The van der Waals surface area contributed by atoms with E-state index in [1.165, 1.54) is 0 Å². The standard InChI is InChI=1S/C17H25F3N2/c1-16(2,3)14-6-4-13(5-7-14)15(12-17(18,19)20)22-10-8-21-9-11-22/h4-7,15,21H,8-12H2,1-3H3/t15-/m0/s1. The topological polar surface area (TPSA) is 15.3 Å². The highest BCUT2D eigenvalue weighted by molar-refractivity contribution is 5.29. The maximum atomic E-state index is 13.0. The van der Waals surface area contributed by atoms with E-state index in [0.29, 0.717) is 13.1 Å². The van der Waals surface area contributed by atoms with Crippen molar-refractivity contribution in [3.05, 3.63) is 35.4 Å². The minimum Gasteiger partial charge on any atom is -0.314 e. The molecule has 0 bridgehead atoms. The number of nitrogens with one attached hydrogen (secondary N) is 1. The number of alkyl halides is 3. The molecule has 0 aliphatic carbocycles. The molecule has 1 aromatic rings. The molecule has 2 rings (SSSR count). The normalized spacial score (nSPS) is 19.2. The van der Waals surface area contributed by atoms with Crippen molar-refractivity contribution in [1.82, 2.24) is 10.2 Å². The van der Waals surface area contributed by atoms with Gasteiger partial charge < -0.3 is 5.32 Å². The number of piperazine rings is 1. The molecule has 0 spiro atoms. The molecule has 22 heavy (non-hydrogen) atoms. The van der Waals surface area contributed by atoms with Gasteiger partial charge in [0.2, 0.25) is 0 Å². The second-order valence-electron chi connectivity index (χ2n) is 6.99. The molecular weight excluding hydrogens is 289 g/mol. The van der Waals surface area contributed by atoms with Crippen molar-refractivity contribution in [2.75, 3.05) is 26.2 Å². The summed E-state index contributed by atoms with van der Waals surface area (Å²) < 4.78 is 38.9. The maximum absolute atomic E-state index is 13.0. The van der Waals surface area contributed by atoms with Gasteiger partial charge in [0.05, 0.1) is 6.42 Å². The van der Waals surface area contributed by atoms with E-state index in [0.717, 1.165) is 24.2 Å². The van der Waals surface area contributed by atoms with Gasteiger partial charge in [-0.1, -0.05) is 45.0 Å². The van der Waals surface area contributed by atoms with Crippen molar-refractivity contribution >= 4 is 0 Å². The van der Waals surface area contributed by atoms with E-state index in [1.54, 1.807) is 0 Å². The van der Waals surface area contributed by atoms with Crippen LogP contribution < -0.4 is 5.32 Å². The van der Waals surface area contributed by atoms with Crippen LogP contribution in [0, 0.1) is 0 Å². The number of nitrogens with zero attached hydrogens (tertiary/aromatic N) is 1. The Morgan fingerprint density at radius 2 is 1.59 bits per heavy atom. The Morgan fingerprint density at radius 1 is 1.05 bits per heavy atom. The lowest BCUT2D eigenvalue weighted by Gasteiger charge is -2.36. The van der Waals surface area contributed by atoms with Crippen LogP contribution in [0.25, 0.3) is 0 Å². The first-order valence-corrected chi connectivity index (χ1v) is 7.79. The number of rotatable bonds is 3. The molecule has 1 atom stereocenters. The molecule has 1 aromatic carbocycles. The first-order valence-electron chi connectivity index (χ1n) is 7.79. The van der Waals surface area contributed by atoms with Crippen molar-refractivity contribution in [2.24, 2.45) is 0 Å². The van der Waals surface area contributed by atoms with E-state index in [1.807, 2.05) is 29.2 Å². The molecule has 1 heterocycles. The van der Waals surface area contributed by atoms with Crippen LogP contribution in [0.1, 0.15) is 44.4 Å². The average Bonchev–Trinajstić information content (AvgIpc) is 2.44. The molecule has 0 amide bonds. The van der Waals surface area contributed by atoms with Crippen LogP contribution in [0.3, 0.4) is 0 Å². The Labute approximate surface area is 130 Å². The predicted molar refractivity (Wildman–Crippen MR) is 83.0 cm³/mol. The summed E-state index contributed by atoms with van der Waals surface area (Å²) in [6, 6.07) is 7.05. The third-order valence-electron chi connectivity index (χ3n) is 4.18. The molecule has 1 saturated heterocycles. The van der Waals surface area contributed by atoms with Gasteiger partial charge in [-0.15, -0.1) is 0 Å². The van der Waals surface area contributed by atoms with Crippen LogP contribution in [0.4, 0.5) is 13.2 Å². The Balaban J connectivity index is 2.23. The van der Waals surface area contributed by atoms with Crippen molar-refractivity contribution in [3.8, 4) is 0 Å². The van der Waals surface area contributed by atoms with E-state index in [4.69, 9.17) is 0 Å². The lowest BCUT2D eigenvalue weighted by molar-refractivity contribution is -0.148. The van der Waals surface area contributed by atoms with Gasteiger partial charge in [0.15, 0.2) is 0 Å². The van der Waals surface area contributed by atoms with Gasteiger partial charge in [-0.25, -0.2) is 0 Å². The molecule has 0 unspecified atom stereocenters. The van der Waals surface area contributed by atoms with E-state index in [9.17, 15) is 13.2 Å². The van der Waals surface area contributed by atoms with Crippen LogP contribution in [0.2, 0.25) is 0 Å². The average molecular weight is 314 g/mol. The summed E-state index contributed by atoms with van der Waals surface area (Å²) in [5, 5.41) is 3.19. The van der Waals surface area contributed by atoms with Crippen LogP contribution in [0.5, 0.6) is 0 Å². The van der Waals surface area contributed by atoms with Gasteiger partial charge in [0.25, 0.3) is 0 Å². The predicted octanol–water partition coefficient (Wildman–Crippen LogP) is 3.88. The molecule has 1 aliphatic heterocycles. The van der Waals surface area contributed by atoms with E-state index < -0.39 is 18.6 Å². The highest BCUT2D eigenvalue weighted by Gasteiger charge is 2.36. The zero-order chi connectivity index (χ0) is 16.4. The summed E-state index contributed by atoms with van der Waals surface area (Å²) in [4.78, 5) is 1.94. The molecule has 1 aliphatic rings. The summed E-state index contributed by atoms with van der Waals surface area (Å²) in [6.07, 6.45) is -4.94. The molecule has 0 aromatic heterocycles. The minimum absolute atomic E-state index is 0.00704. The van der Waals surface area contributed by atoms with Gasteiger partial charge in [-0.2, -0.15) is 13.2 Å². The van der Waals surface area contributed by atoms with Gasteiger partial charge in [-0.3, -0.25) is 4.90 Å². The molecule has 0 saturated carbocycles. The Morgan fingerprint density at radius 3 is 2.05 bits per heavy atom. The summed E-state index contributed by atoms with van der Waals surface area (Å²) in [5.41, 5.74) is 1.90. The zero-order valence-corrected chi connectivity index (χ0v) is 13.5. The molecule has 0 radical (unpaired) electrons. The number of hydrogen-bond donors (Lipinski definition) is 1. The number of hydrogen-bond acceptors (Lipinski definition) is 2. The Kier molecular flexibility index (Phi) is 5.17. The molecule has 5 heteroatoms. The molecular formula is C17H25F3N2. The summed E-state index contributed by atoms with van der Waals surface area (Å²) >= 11 is 0. The van der Waals surface area contributed by atoms with Crippen molar-refractivity contribution < 1.29 is 13.2 Å². The fourth-order valence-corrected chi connectivity index (χ4v) is 2.88.